The van der Waals surface area contributed by atoms with Crippen LogP contribution >= 0.6 is 0 Å². The van der Waals surface area contributed by atoms with Gasteiger partial charge in [0.25, 0.3) is 0 Å². The predicted molar refractivity (Wildman–Crippen MR) is 108 cm³/mol. The first kappa shape index (κ1) is 20.2. The lowest BCUT2D eigenvalue weighted by molar-refractivity contribution is -0.122. The van der Waals surface area contributed by atoms with E-state index < -0.39 is 15.8 Å². The van der Waals surface area contributed by atoms with Crippen molar-refractivity contribution >= 4 is 27.0 Å². The number of benzene rings is 1. The second-order valence-corrected chi connectivity index (χ2v) is 10.1. The number of piperidine rings is 1. The summed E-state index contributed by atoms with van der Waals surface area (Å²) in [6.07, 6.45) is 6.28. The third-order valence-electron chi connectivity index (χ3n) is 6.17. The second kappa shape index (κ2) is 7.95. The molecule has 0 bridgehead atoms. The smallest absolute Gasteiger partial charge is 0.408 e. The molecule has 2 aliphatic rings. The topological polar surface area (TPSA) is 102 Å². The van der Waals surface area contributed by atoms with Crippen LogP contribution in [0.3, 0.4) is 0 Å². The van der Waals surface area contributed by atoms with Crippen LogP contribution in [0.1, 0.15) is 44.9 Å². The number of fused-ring (bicyclic) bond motifs is 1. The van der Waals surface area contributed by atoms with E-state index in [9.17, 15) is 18.0 Å². The molecule has 8 nitrogen and oxygen atoms in total. The third kappa shape index (κ3) is 4.11. The minimum absolute atomic E-state index is 0.0859. The van der Waals surface area contributed by atoms with Gasteiger partial charge in [-0.05, 0) is 43.7 Å². The third-order valence-corrected chi connectivity index (χ3v) is 8.06. The minimum Gasteiger partial charge on any atom is -0.408 e. The molecule has 158 valence electrons. The van der Waals surface area contributed by atoms with Crippen molar-refractivity contribution in [3.05, 3.63) is 28.7 Å². The van der Waals surface area contributed by atoms with Crippen LogP contribution in [-0.2, 0) is 21.9 Å². The molecule has 4 rings (SSSR count). The van der Waals surface area contributed by atoms with Gasteiger partial charge in [0.2, 0.25) is 15.9 Å². The van der Waals surface area contributed by atoms with Crippen LogP contribution in [0.5, 0.6) is 0 Å². The van der Waals surface area contributed by atoms with Gasteiger partial charge in [-0.1, -0.05) is 12.8 Å². The van der Waals surface area contributed by atoms with Gasteiger partial charge in [-0.15, -0.1) is 0 Å². The number of hydrogen-bond acceptors (Lipinski definition) is 5. The molecule has 1 aliphatic carbocycles. The number of aryl methyl sites for hydroxylation is 1. The average molecular weight is 422 g/mol. The summed E-state index contributed by atoms with van der Waals surface area (Å²) in [5.74, 6) is -0.230. The van der Waals surface area contributed by atoms with Crippen molar-refractivity contribution in [2.45, 2.75) is 55.9 Å². The van der Waals surface area contributed by atoms with Crippen LogP contribution in [0.25, 0.3) is 11.1 Å². The number of rotatable bonds is 5. The summed E-state index contributed by atoms with van der Waals surface area (Å²) in [5.41, 5.74) is 0.818. The molecular formula is C20H27N3O5S. The Bertz CT molecular complexity index is 1060. The SMILES string of the molecule is Cn1c(=O)oc2cc(S(=O)(=O)N3CCC(CC(=O)NC4CCCC4)CC3)ccc21. The molecule has 1 aromatic heterocycles. The first-order chi connectivity index (χ1) is 13.8. The van der Waals surface area contributed by atoms with E-state index in [0.717, 1.165) is 12.8 Å². The number of oxazole rings is 1. The Morgan fingerprint density at radius 3 is 2.55 bits per heavy atom. The van der Waals surface area contributed by atoms with Crippen molar-refractivity contribution in [3.63, 3.8) is 0 Å². The molecule has 9 heteroatoms. The van der Waals surface area contributed by atoms with Crippen molar-refractivity contribution in [1.82, 2.24) is 14.2 Å². The summed E-state index contributed by atoms with van der Waals surface area (Å²) in [7, 11) is -2.09. The molecular weight excluding hydrogens is 394 g/mol. The summed E-state index contributed by atoms with van der Waals surface area (Å²) < 4.78 is 33.9. The zero-order valence-corrected chi connectivity index (χ0v) is 17.4. The van der Waals surface area contributed by atoms with Gasteiger partial charge in [0, 0.05) is 38.7 Å². The van der Waals surface area contributed by atoms with E-state index in [1.165, 1.54) is 33.8 Å². The van der Waals surface area contributed by atoms with Crippen molar-refractivity contribution in [2.24, 2.45) is 13.0 Å². The average Bonchev–Trinajstić information content (AvgIpc) is 3.30. The van der Waals surface area contributed by atoms with Gasteiger partial charge >= 0.3 is 5.76 Å². The summed E-state index contributed by atoms with van der Waals surface area (Å²) in [4.78, 5) is 24.0. The maximum atomic E-state index is 13.0. The molecule has 1 aromatic carbocycles. The number of hydrogen-bond donors (Lipinski definition) is 1. The fraction of sp³-hybridized carbons (Fsp3) is 0.600. The van der Waals surface area contributed by atoms with E-state index in [1.807, 2.05) is 0 Å². The molecule has 2 aromatic rings. The molecule has 0 atom stereocenters. The molecule has 1 saturated heterocycles. The van der Waals surface area contributed by atoms with Gasteiger partial charge in [-0.2, -0.15) is 4.31 Å². The summed E-state index contributed by atoms with van der Waals surface area (Å²) in [6, 6.07) is 4.82. The normalized spacial score (nSPS) is 19.8. The van der Waals surface area contributed by atoms with E-state index in [4.69, 9.17) is 4.42 Å². The molecule has 1 amide bonds. The molecule has 1 aliphatic heterocycles. The summed E-state index contributed by atoms with van der Waals surface area (Å²) in [6.45, 7) is 0.779. The number of carbonyl (C=O) groups excluding carboxylic acids is 1. The highest BCUT2D eigenvalue weighted by Crippen LogP contribution is 2.27. The van der Waals surface area contributed by atoms with E-state index in [2.05, 4.69) is 5.32 Å². The van der Waals surface area contributed by atoms with Gasteiger partial charge in [-0.3, -0.25) is 9.36 Å². The fourth-order valence-corrected chi connectivity index (χ4v) is 5.88. The Balaban J connectivity index is 1.38. The molecule has 2 fully saturated rings. The van der Waals surface area contributed by atoms with Crippen molar-refractivity contribution in [3.8, 4) is 0 Å². The zero-order chi connectivity index (χ0) is 20.6. The number of nitrogens with zero attached hydrogens (tertiary/aromatic N) is 2. The zero-order valence-electron chi connectivity index (χ0n) is 16.6. The van der Waals surface area contributed by atoms with Gasteiger partial charge in [-0.25, -0.2) is 13.2 Å². The van der Waals surface area contributed by atoms with Crippen LogP contribution in [0.4, 0.5) is 0 Å². The molecule has 0 radical (unpaired) electrons. The number of carbonyl (C=O) groups is 1. The number of aromatic nitrogens is 1. The van der Waals surface area contributed by atoms with Crippen molar-refractivity contribution in [2.75, 3.05) is 13.1 Å². The van der Waals surface area contributed by atoms with Gasteiger partial charge in [0.1, 0.15) is 0 Å². The van der Waals surface area contributed by atoms with E-state index in [0.29, 0.717) is 43.9 Å². The highest BCUT2D eigenvalue weighted by atomic mass is 32.2. The van der Waals surface area contributed by atoms with Crippen LogP contribution in [0, 0.1) is 5.92 Å². The maximum absolute atomic E-state index is 13.0. The van der Waals surface area contributed by atoms with E-state index in [-0.39, 0.29) is 22.3 Å². The van der Waals surface area contributed by atoms with E-state index >= 15 is 0 Å². The van der Waals surface area contributed by atoms with Crippen LogP contribution in [0.2, 0.25) is 0 Å². The van der Waals surface area contributed by atoms with Gasteiger partial charge in [0.05, 0.1) is 10.4 Å². The molecule has 0 spiro atoms. The fourth-order valence-electron chi connectivity index (χ4n) is 4.40. The largest absolute Gasteiger partial charge is 0.419 e. The quantitative estimate of drug-likeness (QED) is 0.795. The molecule has 29 heavy (non-hydrogen) atoms. The highest BCUT2D eigenvalue weighted by molar-refractivity contribution is 7.89. The Labute approximate surface area is 169 Å². The Morgan fingerprint density at radius 2 is 1.86 bits per heavy atom. The maximum Gasteiger partial charge on any atom is 0.419 e. The molecule has 0 unspecified atom stereocenters. The monoisotopic (exact) mass is 421 g/mol. The summed E-state index contributed by atoms with van der Waals surface area (Å²) >= 11 is 0. The predicted octanol–water partition coefficient (Wildman–Crippen LogP) is 1.98. The van der Waals surface area contributed by atoms with Gasteiger partial charge < -0.3 is 9.73 Å². The molecule has 1 N–H and O–H groups in total. The highest BCUT2D eigenvalue weighted by Gasteiger charge is 2.31. The standard InChI is InChI=1S/C20H27N3O5S/c1-22-17-7-6-16(13-18(17)28-20(22)25)29(26,27)23-10-8-14(9-11-23)12-19(24)21-15-4-2-3-5-15/h6-7,13-15H,2-5,8-12H2,1H3,(H,21,24). The first-order valence-electron chi connectivity index (χ1n) is 10.2. The summed E-state index contributed by atoms with van der Waals surface area (Å²) in [5, 5.41) is 3.11. The van der Waals surface area contributed by atoms with Crippen LogP contribution < -0.4 is 11.1 Å². The van der Waals surface area contributed by atoms with Crippen LogP contribution in [-0.4, -0.2) is 42.3 Å². The number of nitrogens with one attached hydrogen (secondary N) is 1. The lowest BCUT2D eigenvalue weighted by Gasteiger charge is -2.31. The van der Waals surface area contributed by atoms with Crippen molar-refractivity contribution in [1.29, 1.82) is 0 Å². The second-order valence-electron chi connectivity index (χ2n) is 8.16. The Morgan fingerprint density at radius 1 is 1.17 bits per heavy atom. The number of amides is 1. The minimum atomic E-state index is -3.67. The van der Waals surface area contributed by atoms with Gasteiger partial charge in [0.15, 0.2) is 5.58 Å². The Kier molecular flexibility index (Phi) is 5.52. The lowest BCUT2D eigenvalue weighted by atomic mass is 9.94. The Hall–Kier alpha value is -2.13. The van der Waals surface area contributed by atoms with E-state index in [1.54, 1.807) is 13.1 Å². The molecule has 1 saturated carbocycles. The first-order valence-corrected chi connectivity index (χ1v) is 11.7. The number of sulfonamides is 1. The molecule has 2 heterocycles. The lowest BCUT2D eigenvalue weighted by Crippen LogP contribution is -2.40. The van der Waals surface area contributed by atoms with Crippen molar-refractivity contribution < 1.29 is 17.6 Å². The van der Waals surface area contributed by atoms with Crippen LogP contribution in [0.15, 0.2) is 32.3 Å².